The lowest BCUT2D eigenvalue weighted by Gasteiger charge is -2.26. The fourth-order valence-electron chi connectivity index (χ4n) is 1.76. The average Bonchev–Trinajstić information content (AvgIpc) is 2.37. The highest BCUT2D eigenvalue weighted by Crippen LogP contribution is 2.23. The zero-order valence-corrected chi connectivity index (χ0v) is 11.2. The van der Waals surface area contributed by atoms with Gasteiger partial charge in [-0.3, -0.25) is 5.32 Å². The van der Waals surface area contributed by atoms with Gasteiger partial charge in [0.05, 0.1) is 6.61 Å². The Hall–Kier alpha value is -1.55. The molecule has 18 heavy (non-hydrogen) atoms. The van der Waals surface area contributed by atoms with E-state index in [-0.39, 0.29) is 0 Å². The summed E-state index contributed by atoms with van der Waals surface area (Å²) in [5.41, 5.74) is -0.335. The normalized spacial score (nSPS) is 13.9. The lowest BCUT2D eigenvalue weighted by molar-refractivity contribution is -0.144. The maximum atomic E-state index is 11.4. The molecule has 1 rings (SSSR count). The van der Waals surface area contributed by atoms with Gasteiger partial charge in [0.1, 0.15) is 11.3 Å². The summed E-state index contributed by atoms with van der Waals surface area (Å²) in [5.74, 6) is -0.114. The molecule has 1 unspecified atom stereocenters. The summed E-state index contributed by atoms with van der Waals surface area (Å²) in [5, 5.41) is 12.3. The minimum absolute atomic E-state index is 0.594. The van der Waals surface area contributed by atoms with E-state index in [1.807, 2.05) is 26.0 Å². The van der Waals surface area contributed by atoms with Crippen molar-refractivity contribution in [3.63, 3.8) is 0 Å². The van der Waals surface area contributed by atoms with Gasteiger partial charge in [-0.2, -0.15) is 0 Å². The van der Waals surface area contributed by atoms with Crippen molar-refractivity contribution in [2.75, 3.05) is 13.2 Å². The third-order valence-corrected chi connectivity index (χ3v) is 2.86. The number of carbonyl (C=O) groups is 1. The molecular weight excluding hydrogens is 230 g/mol. The molecule has 2 N–H and O–H groups in total. The average molecular weight is 251 g/mol. The van der Waals surface area contributed by atoms with Gasteiger partial charge in [-0.15, -0.1) is 0 Å². The third-order valence-electron chi connectivity index (χ3n) is 2.86. The third kappa shape index (κ3) is 3.23. The maximum Gasteiger partial charge on any atom is 0.328 e. The minimum Gasteiger partial charge on any atom is -0.494 e. The molecule has 4 heteroatoms. The van der Waals surface area contributed by atoms with Gasteiger partial charge < -0.3 is 9.84 Å². The Morgan fingerprint density at radius 2 is 1.94 bits per heavy atom. The number of carboxylic acid groups (broad SMARTS) is 1. The van der Waals surface area contributed by atoms with Crippen molar-refractivity contribution < 1.29 is 14.6 Å². The number of nitrogens with one attached hydrogen (secondary N) is 1. The Balaban J connectivity index is 2.90. The highest BCUT2D eigenvalue weighted by atomic mass is 16.5. The highest BCUT2D eigenvalue weighted by Gasteiger charge is 2.33. The van der Waals surface area contributed by atoms with Crippen LogP contribution in [0.15, 0.2) is 24.3 Å². The Morgan fingerprint density at radius 3 is 2.39 bits per heavy atom. The second kappa shape index (κ2) is 6.40. The molecule has 0 saturated heterocycles. The van der Waals surface area contributed by atoms with Gasteiger partial charge >= 0.3 is 5.97 Å². The number of ether oxygens (including phenoxy) is 1. The van der Waals surface area contributed by atoms with Crippen molar-refractivity contribution in [1.82, 2.24) is 5.32 Å². The van der Waals surface area contributed by atoms with E-state index in [9.17, 15) is 9.90 Å². The summed E-state index contributed by atoms with van der Waals surface area (Å²) in [6, 6.07) is 7.20. The molecule has 1 atom stereocenters. The number of aliphatic carboxylic acids is 1. The number of likely N-dealkylation sites (N-methyl/N-ethyl adjacent to an activating group) is 1. The first-order chi connectivity index (χ1) is 8.54. The smallest absolute Gasteiger partial charge is 0.328 e. The molecule has 0 aliphatic carbocycles. The van der Waals surface area contributed by atoms with Crippen LogP contribution in [-0.4, -0.2) is 24.2 Å². The SMILES string of the molecule is CCCOc1ccc(C(C)(NCC)C(=O)O)cc1. The highest BCUT2D eigenvalue weighted by molar-refractivity contribution is 5.80. The second-order valence-corrected chi connectivity index (χ2v) is 4.33. The van der Waals surface area contributed by atoms with E-state index in [4.69, 9.17) is 4.74 Å². The van der Waals surface area contributed by atoms with Crippen molar-refractivity contribution in [2.45, 2.75) is 32.7 Å². The topological polar surface area (TPSA) is 58.6 Å². The van der Waals surface area contributed by atoms with Gasteiger partial charge in [-0.25, -0.2) is 4.79 Å². The summed E-state index contributed by atoms with van der Waals surface area (Å²) in [4.78, 5) is 11.4. The fourth-order valence-corrected chi connectivity index (χ4v) is 1.76. The van der Waals surface area contributed by atoms with Crippen LogP contribution in [-0.2, 0) is 10.3 Å². The number of hydrogen-bond donors (Lipinski definition) is 2. The van der Waals surface area contributed by atoms with Crippen LogP contribution in [0.1, 0.15) is 32.8 Å². The molecule has 0 saturated carbocycles. The summed E-state index contributed by atoms with van der Waals surface area (Å²) >= 11 is 0. The van der Waals surface area contributed by atoms with Crippen LogP contribution < -0.4 is 10.1 Å². The molecule has 0 radical (unpaired) electrons. The van der Waals surface area contributed by atoms with Gasteiger partial charge in [-0.05, 0) is 37.6 Å². The van der Waals surface area contributed by atoms with Crippen molar-refractivity contribution in [3.05, 3.63) is 29.8 Å². The van der Waals surface area contributed by atoms with Crippen LogP contribution in [0.3, 0.4) is 0 Å². The summed E-state index contributed by atoms with van der Waals surface area (Å²) < 4.78 is 5.48. The Morgan fingerprint density at radius 1 is 1.33 bits per heavy atom. The quantitative estimate of drug-likeness (QED) is 0.781. The molecule has 0 bridgehead atoms. The van der Waals surface area contributed by atoms with Crippen LogP contribution >= 0.6 is 0 Å². The van der Waals surface area contributed by atoms with Crippen LogP contribution in [0, 0.1) is 0 Å². The molecule has 0 spiro atoms. The van der Waals surface area contributed by atoms with Gasteiger partial charge in [0.15, 0.2) is 0 Å². The molecule has 0 aliphatic heterocycles. The van der Waals surface area contributed by atoms with Crippen molar-refractivity contribution in [1.29, 1.82) is 0 Å². The summed E-state index contributed by atoms with van der Waals surface area (Å²) in [6.07, 6.45) is 0.950. The molecule has 1 aromatic rings. The maximum absolute atomic E-state index is 11.4. The molecule has 100 valence electrons. The van der Waals surface area contributed by atoms with Gasteiger partial charge in [0.25, 0.3) is 0 Å². The predicted octanol–water partition coefficient (Wildman–Crippen LogP) is 2.38. The van der Waals surface area contributed by atoms with Gasteiger partial charge in [-0.1, -0.05) is 26.0 Å². The zero-order valence-electron chi connectivity index (χ0n) is 11.2. The van der Waals surface area contributed by atoms with Crippen molar-refractivity contribution in [3.8, 4) is 5.75 Å². The Labute approximate surface area is 108 Å². The van der Waals surface area contributed by atoms with E-state index in [0.29, 0.717) is 13.2 Å². The fraction of sp³-hybridized carbons (Fsp3) is 0.500. The van der Waals surface area contributed by atoms with Crippen LogP contribution in [0.4, 0.5) is 0 Å². The Kier molecular flexibility index (Phi) is 5.16. The van der Waals surface area contributed by atoms with E-state index >= 15 is 0 Å². The molecule has 0 amide bonds. The van der Waals surface area contributed by atoms with Crippen molar-refractivity contribution in [2.24, 2.45) is 0 Å². The molecule has 0 heterocycles. The van der Waals surface area contributed by atoms with E-state index in [1.165, 1.54) is 0 Å². The van der Waals surface area contributed by atoms with Crippen LogP contribution in [0.5, 0.6) is 5.75 Å². The van der Waals surface area contributed by atoms with Gasteiger partial charge in [0.2, 0.25) is 0 Å². The minimum atomic E-state index is -1.06. The molecular formula is C14H21NO3. The lowest BCUT2D eigenvalue weighted by atomic mass is 9.92. The van der Waals surface area contributed by atoms with Crippen LogP contribution in [0.25, 0.3) is 0 Å². The van der Waals surface area contributed by atoms with Gasteiger partial charge in [0, 0.05) is 0 Å². The molecule has 1 aromatic carbocycles. The zero-order chi connectivity index (χ0) is 13.6. The van der Waals surface area contributed by atoms with E-state index in [1.54, 1.807) is 19.1 Å². The first kappa shape index (κ1) is 14.5. The van der Waals surface area contributed by atoms with Crippen LogP contribution in [0.2, 0.25) is 0 Å². The van der Waals surface area contributed by atoms with Crippen molar-refractivity contribution >= 4 is 5.97 Å². The predicted molar refractivity (Wildman–Crippen MR) is 70.9 cm³/mol. The largest absolute Gasteiger partial charge is 0.494 e. The lowest BCUT2D eigenvalue weighted by Crippen LogP contribution is -2.46. The number of carboxylic acids is 1. The number of hydrogen-bond acceptors (Lipinski definition) is 3. The summed E-state index contributed by atoms with van der Waals surface area (Å²) in [7, 11) is 0. The Bertz CT molecular complexity index is 389. The van der Waals surface area contributed by atoms with E-state index < -0.39 is 11.5 Å². The van der Waals surface area contributed by atoms with E-state index in [0.717, 1.165) is 17.7 Å². The first-order valence-corrected chi connectivity index (χ1v) is 6.26. The molecule has 0 aromatic heterocycles. The second-order valence-electron chi connectivity index (χ2n) is 4.33. The monoisotopic (exact) mass is 251 g/mol. The molecule has 4 nitrogen and oxygen atoms in total. The standard InChI is InChI=1S/C14H21NO3/c1-4-10-18-12-8-6-11(7-9-12)14(3,13(16)17)15-5-2/h6-9,15H,4-5,10H2,1-3H3,(H,16,17). The molecule has 0 aliphatic rings. The summed E-state index contributed by atoms with van der Waals surface area (Å²) in [6.45, 7) is 6.86. The number of rotatable bonds is 7. The first-order valence-electron chi connectivity index (χ1n) is 6.26. The molecule has 0 fully saturated rings. The van der Waals surface area contributed by atoms with E-state index in [2.05, 4.69) is 5.32 Å². The number of benzene rings is 1.